The second-order valence-corrected chi connectivity index (χ2v) is 13.5. The van der Waals surface area contributed by atoms with Gasteiger partial charge in [-0.05, 0) is 94.9 Å². The summed E-state index contributed by atoms with van der Waals surface area (Å²) in [5.41, 5.74) is 0. The van der Waals surface area contributed by atoms with E-state index in [0.29, 0.717) is 42.4 Å². The molecule has 0 aromatic heterocycles. The van der Waals surface area contributed by atoms with Crippen molar-refractivity contribution in [2.24, 2.45) is 29.6 Å². The van der Waals surface area contributed by atoms with E-state index in [1.54, 1.807) is 21.3 Å². The number of nitrogens with one attached hydrogen (secondary N) is 2. The Morgan fingerprint density at radius 3 is 2.58 bits per heavy atom. The molecule has 0 bridgehead atoms. The van der Waals surface area contributed by atoms with Crippen molar-refractivity contribution in [1.82, 2.24) is 15.5 Å². The van der Waals surface area contributed by atoms with Gasteiger partial charge in [-0.1, -0.05) is 6.42 Å². The summed E-state index contributed by atoms with van der Waals surface area (Å²) in [7, 11) is 5.25. The number of ether oxygens (including phenoxy) is 4. The van der Waals surface area contributed by atoms with Crippen LogP contribution in [0.5, 0.6) is 0 Å². The molecule has 6 rings (SSSR count). The molecule has 12 unspecified atom stereocenters. The van der Waals surface area contributed by atoms with Crippen LogP contribution in [0.3, 0.4) is 0 Å². The van der Waals surface area contributed by atoms with Crippen LogP contribution in [-0.2, 0) is 28.5 Å². The van der Waals surface area contributed by atoms with E-state index in [2.05, 4.69) is 15.5 Å². The fraction of sp³-hybridized carbons (Fsp3) is 0.935. The molecule has 0 aromatic rings. The summed E-state index contributed by atoms with van der Waals surface area (Å²) < 4.78 is 23.7. The van der Waals surface area contributed by atoms with Gasteiger partial charge in [0.05, 0.1) is 36.4 Å². The largest absolute Gasteiger partial charge is 0.381 e. The van der Waals surface area contributed by atoms with Gasteiger partial charge in [0.1, 0.15) is 6.10 Å². The van der Waals surface area contributed by atoms with Gasteiger partial charge >= 0.3 is 0 Å². The van der Waals surface area contributed by atoms with E-state index < -0.39 is 6.10 Å². The molecule has 9 heteroatoms. The molecule has 226 valence electrons. The number of carbonyl (C=O) groups excluding carboxylic acids is 2. The minimum atomic E-state index is -0.467. The predicted octanol–water partition coefficient (Wildman–Crippen LogP) is 2.51. The molecule has 13 atom stereocenters. The molecule has 6 fully saturated rings. The smallest absolute Gasteiger partial charge is 0.248 e. The lowest BCUT2D eigenvalue weighted by molar-refractivity contribution is -0.175. The van der Waals surface area contributed by atoms with Crippen LogP contribution >= 0.6 is 0 Å². The van der Waals surface area contributed by atoms with Crippen LogP contribution < -0.4 is 10.6 Å². The van der Waals surface area contributed by atoms with Crippen LogP contribution in [0.1, 0.15) is 71.1 Å². The van der Waals surface area contributed by atoms with Gasteiger partial charge in [0.2, 0.25) is 11.8 Å². The summed E-state index contributed by atoms with van der Waals surface area (Å²) in [5.74, 6) is 1.84. The SMILES string of the molecule is COC1CCCC(CNC(=O)[C@@H](C)OC2CCC3C(C2)C2CCNC4C5CCC(OC)C(OC)C5C(=O)N3C24)C1. The van der Waals surface area contributed by atoms with E-state index in [4.69, 9.17) is 18.9 Å². The van der Waals surface area contributed by atoms with Gasteiger partial charge in [-0.25, -0.2) is 0 Å². The van der Waals surface area contributed by atoms with Gasteiger partial charge in [0.25, 0.3) is 0 Å². The number of hydrogen-bond acceptors (Lipinski definition) is 7. The number of piperidine rings is 2. The zero-order valence-electron chi connectivity index (χ0n) is 24.9. The quantitative estimate of drug-likeness (QED) is 0.470. The minimum Gasteiger partial charge on any atom is -0.381 e. The average Bonchev–Trinajstić information content (AvgIpc) is 3.32. The maximum absolute atomic E-state index is 14.2. The summed E-state index contributed by atoms with van der Waals surface area (Å²) in [6.07, 6.45) is 9.95. The maximum Gasteiger partial charge on any atom is 0.248 e. The van der Waals surface area contributed by atoms with E-state index in [-0.39, 0.29) is 48.1 Å². The molecule has 3 saturated heterocycles. The first-order valence-electron chi connectivity index (χ1n) is 16.0. The van der Waals surface area contributed by atoms with Crippen LogP contribution in [0.15, 0.2) is 0 Å². The lowest BCUT2D eigenvalue weighted by Crippen LogP contribution is -2.70. The first-order chi connectivity index (χ1) is 19.4. The van der Waals surface area contributed by atoms with Crippen molar-refractivity contribution in [2.45, 2.75) is 120 Å². The van der Waals surface area contributed by atoms with Gasteiger partial charge in [0, 0.05) is 40.0 Å². The highest BCUT2D eigenvalue weighted by Crippen LogP contribution is 2.54. The average molecular weight is 562 g/mol. The van der Waals surface area contributed by atoms with Crippen molar-refractivity contribution in [1.29, 1.82) is 0 Å². The summed E-state index contributed by atoms with van der Waals surface area (Å²) in [6.45, 7) is 3.59. The first kappa shape index (κ1) is 28.8. The Kier molecular flexibility index (Phi) is 8.76. The van der Waals surface area contributed by atoms with Crippen molar-refractivity contribution in [3.63, 3.8) is 0 Å². The third-order valence-corrected chi connectivity index (χ3v) is 11.6. The lowest BCUT2D eigenvalue weighted by atomic mass is 9.64. The molecule has 6 aliphatic rings. The van der Waals surface area contributed by atoms with E-state index in [1.165, 1.54) is 0 Å². The van der Waals surface area contributed by atoms with Gasteiger partial charge in [-0.3, -0.25) is 9.59 Å². The Hall–Kier alpha value is -1.26. The number of rotatable bonds is 8. The molecule has 0 radical (unpaired) electrons. The normalized spacial score (nSPS) is 45.3. The van der Waals surface area contributed by atoms with Gasteiger partial charge in [0.15, 0.2) is 0 Å². The van der Waals surface area contributed by atoms with Crippen molar-refractivity contribution in [3.05, 3.63) is 0 Å². The Morgan fingerprint density at radius 1 is 0.950 bits per heavy atom. The van der Waals surface area contributed by atoms with Gasteiger partial charge in [-0.15, -0.1) is 0 Å². The number of hydrogen-bond donors (Lipinski definition) is 2. The molecule has 3 heterocycles. The fourth-order valence-electron chi connectivity index (χ4n) is 9.84. The molecular formula is C31H51N3O6. The second kappa shape index (κ2) is 12.2. The van der Waals surface area contributed by atoms with Gasteiger partial charge < -0.3 is 34.5 Å². The van der Waals surface area contributed by atoms with Crippen molar-refractivity contribution < 1.29 is 28.5 Å². The van der Waals surface area contributed by atoms with Crippen molar-refractivity contribution >= 4 is 11.8 Å². The number of carbonyl (C=O) groups is 2. The summed E-state index contributed by atoms with van der Waals surface area (Å²) in [6, 6.07) is 0.847. The summed E-state index contributed by atoms with van der Waals surface area (Å²) in [4.78, 5) is 29.5. The molecule has 0 spiro atoms. The molecular weight excluding hydrogens is 510 g/mol. The zero-order valence-corrected chi connectivity index (χ0v) is 24.9. The number of fused-ring (bicyclic) bond motifs is 5. The van der Waals surface area contributed by atoms with Crippen molar-refractivity contribution in [3.8, 4) is 0 Å². The Balaban J connectivity index is 1.09. The highest BCUT2D eigenvalue weighted by Gasteiger charge is 2.64. The minimum absolute atomic E-state index is 0.00927. The summed E-state index contributed by atoms with van der Waals surface area (Å²) in [5, 5.41) is 7.01. The third kappa shape index (κ3) is 5.12. The van der Waals surface area contributed by atoms with E-state index in [0.717, 1.165) is 70.8 Å². The Labute approximate surface area is 239 Å². The predicted molar refractivity (Wildman–Crippen MR) is 150 cm³/mol. The molecule has 2 amide bonds. The second-order valence-electron chi connectivity index (χ2n) is 13.5. The Morgan fingerprint density at radius 2 is 1.80 bits per heavy atom. The monoisotopic (exact) mass is 561 g/mol. The fourth-order valence-corrected chi connectivity index (χ4v) is 9.84. The highest BCUT2D eigenvalue weighted by atomic mass is 16.5. The number of methoxy groups -OCH3 is 3. The summed E-state index contributed by atoms with van der Waals surface area (Å²) >= 11 is 0. The van der Waals surface area contributed by atoms with Crippen LogP contribution in [0.4, 0.5) is 0 Å². The maximum atomic E-state index is 14.2. The van der Waals surface area contributed by atoms with E-state index in [1.807, 2.05) is 6.92 Å². The molecule has 40 heavy (non-hydrogen) atoms. The van der Waals surface area contributed by atoms with Crippen molar-refractivity contribution in [2.75, 3.05) is 34.4 Å². The molecule has 3 aliphatic heterocycles. The molecule has 2 N–H and O–H groups in total. The Bertz CT molecular complexity index is 920. The lowest BCUT2D eigenvalue weighted by Gasteiger charge is -2.55. The first-order valence-corrected chi connectivity index (χ1v) is 16.0. The topological polar surface area (TPSA) is 98.4 Å². The van der Waals surface area contributed by atoms with E-state index >= 15 is 0 Å². The van der Waals surface area contributed by atoms with Gasteiger partial charge in [-0.2, -0.15) is 0 Å². The third-order valence-electron chi connectivity index (χ3n) is 11.6. The highest BCUT2D eigenvalue weighted by molar-refractivity contribution is 5.83. The van der Waals surface area contributed by atoms with Crippen LogP contribution in [0.2, 0.25) is 0 Å². The molecule has 3 saturated carbocycles. The standard InChI is InChI=1S/C31H51N3O6/c1-17(30(35)33-16-18-6-5-7-19(14-18)37-2)40-20-8-10-24-23(15-20)21-12-13-32-27-22-9-11-25(38-3)29(39-4)26(22)31(36)34(24)28(21)27/h17-29,32H,5-16H2,1-4H3,(H,33,35)/t17-,18?,19?,20?,21?,22?,23?,24?,25?,26?,27?,28?,29?/m1/s1. The zero-order chi connectivity index (χ0) is 28.0. The number of amides is 2. The van der Waals surface area contributed by atoms with E-state index in [9.17, 15) is 9.59 Å². The number of nitrogens with zero attached hydrogens (tertiary/aromatic N) is 1. The molecule has 3 aliphatic carbocycles. The van der Waals surface area contributed by atoms with Crippen LogP contribution in [-0.4, -0.2) is 99.8 Å². The van der Waals surface area contributed by atoms with Crippen LogP contribution in [0, 0.1) is 29.6 Å². The molecule has 9 nitrogen and oxygen atoms in total. The van der Waals surface area contributed by atoms with Crippen LogP contribution in [0.25, 0.3) is 0 Å². The molecule has 0 aromatic carbocycles.